The second-order valence-electron chi connectivity index (χ2n) is 3.66. The van der Waals surface area contributed by atoms with Crippen molar-refractivity contribution in [2.75, 3.05) is 6.54 Å². The Morgan fingerprint density at radius 1 is 1.31 bits per heavy atom. The quantitative estimate of drug-likeness (QED) is 0.856. The molecule has 2 nitrogen and oxygen atoms in total. The zero-order valence-corrected chi connectivity index (χ0v) is 10.5. The van der Waals surface area contributed by atoms with Crippen LogP contribution in [0.15, 0.2) is 34.9 Å². The summed E-state index contributed by atoms with van der Waals surface area (Å²) in [4.78, 5) is 2.75. The van der Waals surface area contributed by atoms with Crippen LogP contribution in [-0.4, -0.2) is 6.54 Å². The van der Waals surface area contributed by atoms with Gasteiger partial charge >= 0.3 is 0 Å². The van der Waals surface area contributed by atoms with Gasteiger partial charge in [0.15, 0.2) is 0 Å². The molecule has 0 bridgehead atoms. The smallest absolute Gasteiger partial charge is 0.126 e. The number of furan rings is 1. The third-order valence-corrected chi connectivity index (χ3v) is 3.85. The number of hydrogen-bond donors (Lipinski definition) is 1. The van der Waals surface area contributed by atoms with E-state index in [1.54, 1.807) is 6.26 Å². The van der Waals surface area contributed by atoms with Gasteiger partial charge in [-0.3, -0.25) is 0 Å². The van der Waals surface area contributed by atoms with E-state index in [1.165, 1.54) is 9.75 Å². The highest BCUT2D eigenvalue weighted by molar-refractivity contribution is 7.12. The largest absolute Gasteiger partial charge is 0.467 e. The fourth-order valence-electron chi connectivity index (χ4n) is 1.74. The van der Waals surface area contributed by atoms with Gasteiger partial charge in [-0.1, -0.05) is 13.8 Å². The van der Waals surface area contributed by atoms with E-state index in [4.69, 9.17) is 4.42 Å². The minimum atomic E-state index is 0.199. The van der Waals surface area contributed by atoms with Crippen molar-refractivity contribution in [1.82, 2.24) is 5.32 Å². The van der Waals surface area contributed by atoms with Crippen LogP contribution in [0.25, 0.3) is 0 Å². The van der Waals surface area contributed by atoms with E-state index in [2.05, 4.69) is 31.3 Å². The fourth-order valence-corrected chi connectivity index (χ4v) is 2.78. The highest BCUT2D eigenvalue weighted by atomic mass is 32.1. The number of nitrogens with one attached hydrogen (secondary N) is 1. The molecule has 1 atom stereocenters. The SMILES string of the molecule is CCNC(c1ccco1)c1ccc(CC)s1. The van der Waals surface area contributed by atoms with Crippen LogP contribution in [0.3, 0.4) is 0 Å². The molecule has 0 saturated carbocycles. The molecule has 2 aromatic heterocycles. The third kappa shape index (κ3) is 2.36. The van der Waals surface area contributed by atoms with Crippen LogP contribution in [0.5, 0.6) is 0 Å². The van der Waals surface area contributed by atoms with Gasteiger partial charge in [0, 0.05) is 9.75 Å². The summed E-state index contributed by atoms with van der Waals surface area (Å²) in [5, 5.41) is 3.46. The predicted octanol–water partition coefficient (Wildman–Crippen LogP) is 3.60. The highest BCUT2D eigenvalue weighted by Crippen LogP contribution is 2.28. The van der Waals surface area contributed by atoms with E-state index in [9.17, 15) is 0 Å². The van der Waals surface area contributed by atoms with Crippen LogP contribution in [-0.2, 0) is 6.42 Å². The Labute approximate surface area is 100 Å². The van der Waals surface area contributed by atoms with Gasteiger partial charge in [-0.2, -0.15) is 0 Å². The Balaban J connectivity index is 2.25. The van der Waals surface area contributed by atoms with Crippen LogP contribution in [0.2, 0.25) is 0 Å². The summed E-state index contributed by atoms with van der Waals surface area (Å²) >= 11 is 1.86. The zero-order valence-electron chi connectivity index (χ0n) is 9.69. The zero-order chi connectivity index (χ0) is 11.4. The maximum Gasteiger partial charge on any atom is 0.126 e. The molecule has 0 fully saturated rings. The maximum absolute atomic E-state index is 5.49. The lowest BCUT2D eigenvalue weighted by Crippen LogP contribution is -2.20. The predicted molar refractivity (Wildman–Crippen MR) is 67.9 cm³/mol. The summed E-state index contributed by atoms with van der Waals surface area (Å²) in [6.45, 7) is 5.24. The first-order chi connectivity index (χ1) is 7.85. The average molecular weight is 235 g/mol. The Hall–Kier alpha value is -1.06. The molecule has 0 saturated heterocycles. The first-order valence-corrected chi connectivity index (χ1v) is 6.52. The molecule has 0 spiro atoms. The van der Waals surface area contributed by atoms with Crippen molar-refractivity contribution < 1.29 is 4.42 Å². The first kappa shape index (κ1) is 11.4. The van der Waals surface area contributed by atoms with Gasteiger partial charge in [0.2, 0.25) is 0 Å². The van der Waals surface area contributed by atoms with Crippen molar-refractivity contribution in [3.63, 3.8) is 0 Å². The Bertz CT molecular complexity index is 419. The Morgan fingerprint density at radius 3 is 2.75 bits per heavy atom. The third-order valence-electron chi connectivity index (χ3n) is 2.55. The molecule has 16 heavy (non-hydrogen) atoms. The van der Waals surface area contributed by atoms with Crippen LogP contribution in [0.1, 0.15) is 35.4 Å². The van der Waals surface area contributed by atoms with E-state index in [0.29, 0.717) is 0 Å². The van der Waals surface area contributed by atoms with E-state index < -0.39 is 0 Å². The Kier molecular flexibility index (Phi) is 3.80. The van der Waals surface area contributed by atoms with Gasteiger partial charge in [-0.15, -0.1) is 11.3 Å². The number of aryl methyl sites for hydroxylation is 1. The molecule has 0 radical (unpaired) electrons. The van der Waals surface area contributed by atoms with E-state index in [1.807, 2.05) is 23.5 Å². The first-order valence-electron chi connectivity index (χ1n) is 5.70. The molecule has 2 rings (SSSR count). The van der Waals surface area contributed by atoms with Gasteiger partial charge in [0.1, 0.15) is 11.8 Å². The molecule has 1 N–H and O–H groups in total. The lowest BCUT2D eigenvalue weighted by atomic mass is 10.2. The number of hydrogen-bond acceptors (Lipinski definition) is 3. The van der Waals surface area contributed by atoms with Crippen molar-refractivity contribution in [3.05, 3.63) is 46.0 Å². The van der Waals surface area contributed by atoms with Gasteiger partial charge in [-0.05, 0) is 37.2 Å². The average Bonchev–Trinajstić information content (AvgIpc) is 2.97. The molecular formula is C13H17NOS. The maximum atomic E-state index is 5.49. The van der Waals surface area contributed by atoms with E-state index in [0.717, 1.165) is 18.7 Å². The monoisotopic (exact) mass is 235 g/mol. The van der Waals surface area contributed by atoms with Crippen LogP contribution >= 0.6 is 11.3 Å². The van der Waals surface area contributed by atoms with Crippen LogP contribution in [0, 0.1) is 0 Å². The van der Waals surface area contributed by atoms with Crippen LogP contribution in [0.4, 0.5) is 0 Å². The molecule has 0 amide bonds. The lowest BCUT2D eigenvalue weighted by molar-refractivity contribution is 0.455. The molecule has 0 aliphatic carbocycles. The van der Waals surface area contributed by atoms with Gasteiger partial charge in [0.25, 0.3) is 0 Å². The molecule has 0 aromatic carbocycles. The summed E-state index contributed by atoms with van der Waals surface area (Å²) in [5.74, 6) is 0.992. The molecule has 0 aliphatic heterocycles. The summed E-state index contributed by atoms with van der Waals surface area (Å²) in [5.41, 5.74) is 0. The van der Waals surface area contributed by atoms with E-state index >= 15 is 0 Å². The van der Waals surface area contributed by atoms with Gasteiger partial charge < -0.3 is 9.73 Å². The van der Waals surface area contributed by atoms with Crippen molar-refractivity contribution in [2.24, 2.45) is 0 Å². The summed E-state index contributed by atoms with van der Waals surface area (Å²) in [6, 6.07) is 8.56. The lowest BCUT2D eigenvalue weighted by Gasteiger charge is -2.13. The van der Waals surface area contributed by atoms with Gasteiger partial charge in [0.05, 0.1) is 6.26 Å². The number of rotatable bonds is 5. The molecule has 2 aromatic rings. The molecular weight excluding hydrogens is 218 g/mol. The molecule has 2 heterocycles. The van der Waals surface area contributed by atoms with Crippen molar-refractivity contribution >= 4 is 11.3 Å². The minimum absolute atomic E-state index is 0.199. The minimum Gasteiger partial charge on any atom is -0.467 e. The summed E-state index contributed by atoms with van der Waals surface area (Å²) < 4.78 is 5.49. The topological polar surface area (TPSA) is 25.2 Å². The Morgan fingerprint density at radius 2 is 2.19 bits per heavy atom. The number of thiophene rings is 1. The normalized spacial score (nSPS) is 12.9. The van der Waals surface area contributed by atoms with E-state index in [-0.39, 0.29) is 6.04 Å². The summed E-state index contributed by atoms with van der Waals surface area (Å²) in [6.07, 6.45) is 2.83. The second-order valence-corrected chi connectivity index (χ2v) is 4.86. The van der Waals surface area contributed by atoms with Crippen molar-refractivity contribution in [2.45, 2.75) is 26.3 Å². The van der Waals surface area contributed by atoms with Crippen LogP contribution < -0.4 is 5.32 Å². The molecule has 86 valence electrons. The summed E-state index contributed by atoms with van der Waals surface area (Å²) in [7, 11) is 0. The fraction of sp³-hybridized carbons (Fsp3) is 0.385. The standard InChI is InChI=1S/C13H17NOS/c1-3-10-7-8-12(16-10)13(14-4-2)11-6-5-9-15-11/h5-9,13-14H,3-4H2,1-2H3. The molecule has 3 heteroatoms. The highest BCUT2D eigenvalue weighted by Gasteiger charge is 2.17. The van der Waals surface area contributed by atoms with Crippen molar-refractivity contribution in [3.8, 4) is 0 Å². The molecule has 0 aliphatic rings. The second kappa shape index (κ2) is 5.32. The van der Waals surface area contributed by atoms with Crippen molar-refractivity contribution in [1.29, 1.82) is 0 Å². The van der Waals surface area contributed by atoms with Gasteiger partial charge in [-0.25, -0.2) is 0 Å². The molecule has 1 unspecified atom stereocenters.